The maximum Gasteiger partial charge on any atom is 0.261 e. The smallest absolute Gasteiger partial charge is 0.261 e. The van der Waals surface area contributed by atoms with Crippen LogP contribution in [0.4, 0.5) is 10.1 Å². The Bertz CT molecular complexity index is 1100. The summed E-state index contributed by atoms with van der Waals surface area (Å²) in [5, 5.41) is 0.513. The molecule has 30 heavy (non-hydrogen) atoms. The van der Waals surface area contributed by atoms with E-state index in [9.17, 15) is 14.0 Å². The van der Waals surface area contributed by atoms with E-state index in [1.807, 2.05) is 24.8 Å². The molecule has 4 rings (SSSR count). The van der Waals surface area contributed by atoms with Crippen LogP contribution in [0.15, 0.2) is 59.7 Å². The van der Waals surface area contributed by atoms with E-state index in [2.05, 4.69) is 9.88 Å². The number of fused-ring (bicyclic) bond motifs is 1. The molecule has 1 unspecified atom stereocenters. The first kappa shape index (κ1) is 20.1. The maximum atomic E-state index is 13.4. The summed E-state index contributed by atoms with van der Waals surface area (Å²) in [6, 6.07) is 13.0. The van der Waals surface area contributed by atoms with Crippen LogP contribution in [0.3, 0.4) is 0 Å². The number of piperazine rings is 1. The van der Waals surface area contributed by atoms with Gasteiger partial charge in [0.2, 0.25) is 5.91 Å². The van der Waals surface area contributed by atoms with Crippen LogP contribution in [0.2, 0.25) is 0 Å². The van der Waals surface area contributed by atoms with Crippen molar-refractivity contribution in [1.29, 1.82) is 0 Å². The zero-order valence-electron chi connectivity index (χ0n) is 17.2. The number of hydrogen-bond donors (Lipinski definition) is 0. The Morgan fingerprint density at radius 3 is 2.33 bits per heavy atom. The summed E-state index contributed by atoms with van der Waals surface area (Å²) in [5.74, 6) is -0.391. The number of benzene rings is 2. The molecule has 0 N–H and O–H groups in total. The third kappa shape index (κ3) is 3.79. The molecule has 1 atom stereocenters. The normalized spacial score (nSPS) is 15.6. The summed E-state index contributed by atoms with van der Waals surface area (Å²) in [4.78, 5) is 34.8. The first-order chi connectivity index (χ1) is 14.5. The second-order valence-corrected chi connectivity index (χ2v) is 7.95. The lowest BCUT2D eigenvalue weighted by Crippen LogP contribution is -2.52. The van der Waals surface area contributed by atoms with Crippen LogP contribution in [-0.2, 0) is 4.79 Å². The summed E-state index contributed by atoms with van der Waals surface area (Å²) < 4.78 is 14.6. The van der Waals surface area contributed by atoms with Crippen molar-refractivity contribution in [3.63, 3.8) is 0 Å². The van der Waals surface area contributed by atoms with Gasteiger partial charge >= 0.3 is 0 Å². The quantitative estimate of drug-likeness (QED) is 0.666. The third-order valence-corrected chi connectivity index (χ3v) is 5.66. The highest BCUT2D eigenvalue weighted by molar-refractivity contribution is 5.82. The van der Waals surface area contributed by atoms with E-state index in [1.165, 1.54) is 23.0 Å². The predicted octanol–water partition coefficient (Wildman–Crippen LogP) is 3.08. The lowest BCUT2D eigenvalue weighted by atomic mass is 10.0. The Hall–Kier alpha value is -3.22. The van der Waals surface area contributed by atoms with E-state index in [0.29, 0.717) is 37.1 Å². The lowest BCUT2D eigenvalue weighted by molar-refractivity contribution is -0.136. The zero-order valence-corrected chi connectivity index (χ0v) is 17.2. The molecule has 7 heteroatoms. The van der Waals surface area contributed by atoms with Gasteiger partial charge in [0, 0.05) is 31.9 Å². The monoisotopic (exact) mass is 408 g/mol. The van der Waals surface area contributed by atoms with Gasteiger partial charge in [-0.3, -0.25) is 14.2 Å². The molecule has 2 heterocycles. The molecule has 1 saturated heterocycles. The highest BCUT2D eigenvalue weighted by Gasteiger charge is 2.32. The van der Waals surface area contributed by atoms with Crippen molar-refractivity contribution in [2.45, 2.75) is 19.9 Å². The number of anilines is 1. The van der Waals surface area contributed by atoms with Crippen LogP contribution >= 0.6 is 0 Å². The van der Waals surface area contributed by atoms with Gasteiger partial charge in [-0.2, -0.15) is 0 Å². The molecule has 1 aromatic heterocycles. The Morgan fingerprint density at radius 1 is 1.00 bits per heavy atom. The van der Waals surface area contributed by atoms with Gasteiger partial charge in [-0.1, -0.05) is 26.0 Å². The average molecular weight is 408 g/mol. The van der Waals surface area contributed by atoms with Crippen molar-refractivity contribution < 1.29 is 9.18 Å². The number of carbonyl (C=O) groups excluding carboxylic acids is 1. The number of para-hydroxylation sites is 1. The Kier molecular flexibility index (Phi) is 5.53. The highest BCUT2D eigenvalue weighted by Crippen LogP contribution is 2.23. The summed E-state index contributed by atoms with van der Waals surface area (Å²) in [6.45, 7) is 6.31. The number of amides is 1. The number of hydrogen-bond acceptors (Lipinski definition) is 4. The van der Waals surface area contributed by atoms with Gasteiger partial charge in [0.05, 0.1) is 17.2 Å². The summed E-state index contributed by atoms with van der Waals surface area (Å²) in [5.41, 5.74) is 1.37. The number of carbonyl (C=O) groups is 1. The predicted molar refractivity (Wildman–Crippen MR) is 115 cm³/mol. The fourth-order valence-electron chi connectivity index (χ4n) is 4.03. The molecule has 6 nitrogen and oxygen atoms in total. The average Bonchev–Trinajstić information content (AvgIpc) is 2.76. The molecule has 3 aromatic rings. The van der Waals surface area contributed by atoms with E-state index in [1.54, 1.807) is 30.3 Å². The summed E-state index contributed by atoms with van der Waals surface area (Å²) >= 11 is 0. The minimum atomic E-state index is -0.605. The zero-order chi connectivity index (χ0) is 21.3. The molecule has 0 radical (unpaired) electrons. The van der Waals surface area contributed by atoms with Crippen LogP contribution in [0.5, 0.6) is 0 Å². The van der Waals surface area contributed by atoms with Crippen LogP contribution in [-0.4, -0.2) is 46.5 Å². The van der Waals surface area contributed by atoms with E-state index in [-0.39, 0.29) is 23.2 Å². The van der Waals surface area contributed by atoms with Crippen LogP contribution < -0.4 is 10.5 Å². The molecule has 1 amide bonds. The van der Waals surface area contributed by atoms with Crippen molar-refractivity contribution in [2.24, 2.45) is 5.92 Å². The second-order valence-electron chi connectivity index (χ2n) is 7.95. The topological polar surface area (TPSA) is 58.4 Å². The van der Waals surface area contributed by atoms with E-state index in [4.69, 9.17) is 0 Å². The summed E-state index contributed by atoms with van der Waals surface area (Å²) in [7, 11) is 0. The molecule has 1 aliphatic heterocycles. The Labute approximate surface area is 174 Å². The van der Waals surface area contributed by atoms with Gasteiger partial charge < -0.3 is 9.80 Å². The van der Waals surface area contributed by atoms with Crippen molar-refractivity contribution in [3.05, 3.63) is 71.0 Å². The molecule has 156 valence electrons. The molecule has 1 aliphatic rings. The van der Waals surface area contributed by atoms with Crippen LogP contribution in [0.1, 0.15) is 19.9 Å². The van der Waals surface area contributed by atoms with E-state index < -0.39 is 6.04 Å². The molecular formula is C23H25FN4O2. The maximum absolute atomic E-state index is 13.4. The van der Waals surface area contributed by atoms with Gasteiger partial charge in [-0.05, 0) is 42.3 Å². The number of rotatable bonds is 4. The third-order valence-electron chi connectivity index (χ3n) is 5.66. The molecule has 0 saturated carbocycles. The number of aromatic nitrogens is 2. The molecule has 0 aliphatic carbocycles. The summed E-state index contributed by atoms with van der Waals surface area (Å²) in [6.07, 6.45) is 1.49. The minimum Gasteiger partial charge on any atom is -0.368 e. The van der Waals surface area contributed by atoms with Crippen LogP contribution in [0.25, 0.3) is 10.9 Å². The van der Waals surface area contributed by atoms with Gasteiger partial charge in [0.15, 0.2) is 0 Å². The van der Waals surface area contributed by atoms with Gasteiger partial charge in [-0.25, -0.2) is 9.37 Å². The van der Waals surface area contributed by atoms with Crippen molar-refractivity contribution in [1.82, 2.24) is 14.5 Å². The largest absolute Gasteiger partial charge is 0.368 e. The Balaban J connectivity index is 1.54. The standard InChI is InChI=1S/C23H25FN4O2/c1-16(2)21(28-15-25-20-6-4-3-5-19(20)22(28)29)23(30)27-13-11-26(12-14-27)18-9-7-17(24)8-10-18/h3-10,15-16,21H,11-14H2,1-2H3. The first-order valence-electron chi connectivity index (χ1n) is 10.2. The fraction of sp³-hybridized carbons (Fsp3) is 0.348. The van der Waals surface area contributed by atoms with E-state index in [0.717, 1.165) is 5.69 Å². The van der Waals surface area contributed by atoms with Gasteiger partial charge in [-0.15, -0.1) is 0 Å². The van der Waals surface area contributed by atoms with E-state index >= 15 is 0 Å². The van der Waals surface area contributed by atoms with Crippen molar-refractivity contribution in [3.8, 4) is 0 Å². The van der Waals surface area contributed by atoms with Crippen molar-refractivity contribution >= 4 is 22.5 Å². The molecular weight excluding hydrogens is 383 g/mol. The second kappa shape index (κ2) is 8.26. The molecule has 2 aromatic carbocycles. The minimum absolute atomic E-state index is 0.0618. The highest BCUT2D eigenvalue weighted by atomic mass is 19.1. The molecule has 1 fully saturated rings. The number of halogens is 1. The van der Waals surface area contributed by atoms with Gasteiger partial charge in [0.1, 0.15) is 11.9 Å². The molecule has 0 bridgehead atoms. The van der Waals surface area contributed by atoms with Crippen LogP contribution in [0, 0.1) is 11.7 Å². The molecule has 0 spiro atoms. The van der Waals surface area contributed by atoms with Crippen molar-refractivity contribution in [2.75, 3.05) is 31.1 Å². The fourth-order valence-corrected chi connectivity index (χ4v) is 4.03. The van der Waals surface area contributed by atoms with Gasteiger partial charge in [0.25, 0.3) is 5.56 Å². The SMILES string of the molecule is CC(C)C(C(=O)N1CCN(c2ccc(F)cc2)CC1)n1cnc2ccccc2c1=O. The first-order valence-corrected chi connectivity index (χ1v) is 10.2. The Morgan fingerprint density at radius 2 is 1.67 bits per heavy atom. The number of nitrogens with zero attached hydrogens (tertiary/aromatic N) is 4. The lowest BCUT2D eigenvalue weighted by Gasteiger charge is -2.38.